The second-order valence-electron chi connectivity index (χ2n) is 6.94. The Labute approximate surface area is 172 Å². The molecule has 4 amide bonds. The van der Waals surface area contributed by atoms with Gasteiger partial charge in [-0.3, -0.25) is 33.8 Å². The number of ether oxygens (including phenoxy) is 1. The van der Waals surface area contributed by atoms with Crippen LogP contribution in [0.1, 0.15) is 54.3 Å². The van der Waals surface area contributed by atoms with E-state index in [4.69, 9.17) is 4.74 Å². The lowest BCUT2D eigenvalue weighted by molar-refractivity contribution is -0.143. The molecule has 0 aliphatic carbocycles. The molecule has 0 bridgehead atoms. The van der Waals surface area contributed by atoms with E-state index >= 15 is 0 Å². The van der Waals surface area contributed by atoms with Crippen LogP contribution in [-0.2, 0) is 9.53 Å². The summed E-state index contributed by atoms with van der Waals surface area (Å²) >= 11 is 0. The monoisotopic (exact) mass is 406 g/mol. The summed E-state index contributed by atoms with van der Waals surface area (Å²) in [5, 5.41) is 0. The Kier molecular flexibility index (Phi) is 5.14. The molecule has 0 saturated carbocycles. The third-order valence-corrected chi connectivity index (χ3v) is 5.09. The van der Waals surface area contributed by atoms with Crippen LogP contribution < -0.4 is 0 Å². The van der Waals surface area contributed by atoms with E-state index in [1.165, 1.54) is 0 Å². The first-order valence-corrected chi connectivity index (χ1v) is 9.55. The first-order valence-electron chi connectivity index (χ1n) is 9.55. The summed E-state index contributed by atoms with van der Waals surface area (Å²) in [5.74, 6) is -2.11. The van der Waals surface area contributed by atoms with E-state index in [1.54, 1.807) is 48.5 Å². The van der Waals surface area contributed by atoms with Gasteiger partial charge in [0.15, 0.2) is 0 Å². The second-order valence-corrected chi connectivity index (χ2v) is 6.94. The van der Waals surface area contributed by atoms with Crippen molar-refractivity contribution in [2.24, 2.45) is 0 Å². The molecule has 2 aromatic rings. The lowest BCUT2D eigenvalue weighted by atomic mass is 10.1. The van der Waals surface area contributed by atoms with Crippen LogP contribution in [0, 0.1) is 0 Å². The molecule has 0 aromatic heterocycles. The van der Waals surface area contributed by atoms with Crippen molar-refractivity contribution >= 4 is 29.6 Å². The summed E-state index contributed by atoms with van der Waals surface area (Å²) < 4.78 is 5.12. The molecule has 0 atom stereocenters. The molecular formula is C22H18N2O6. The number of fused-ring (bicyclic) bond motifs is 2. The van der Waals surface area contributed by atoms with Gasteiger partial charge in [-0.1, -0.05) is 24.3 Å². The van der Waals surface area contributed by atoms with Gasteiger partial charge in [-0.15, -0.1) is 0 Å². The Bertz CT molecular complexity index is 1010. The lowest BCUT2D eigenvalue weighted by Gasteiger charge is -2.15. The van der Waals surface area contributed by atoms with Crippen molar-refractivity contribution < 1.29 is 28.7 Å². The maximum absolute atomic E-state index is 12.3. The molecule has 2 aliphatic heterocycles. The largest absolute Gasteiger partial charge is 0.466 e. The fraction of sp³-hybridized carbons (Fsp3) is 0.227. The van der Waals surface area contributed by atoms with Gasteiger partial charge in [-0.25, -0.2) is 0 Å². The number of imide groups is 2. The fourth-order valence-electron chi connectivity index (χ4n) is 3.57. The summed E-state index contributed by atoms with van der Waals surface area (Å²) in [7, 11) is 0. The van der Waals surface area contributed by atoms with Crippen LogP contribution in [0.5, 0.6) is 0 Å². The first kappa shape index (κ1) is 19.5. The van der Waals surface area contributed by atoms with Crippen molar-refractivity contribution in [1.82, 2.24) is 9.80 Å². The van der Waals surface area contributed by atoms with E-state index in [2.05, 4.69) is 0 Å². The average molecular weight is 406 g/mol. The molecule has 2 aliphatic rings. The normalized spacial score (nSPS) is 14.9. The van der Waals surface area contributed by atoms with Crippen LogP contribution in [0.25, 0.3) is 0 Å². The maximum atomic E-state index is 12.3. The Balaban J connectivity index is 1.21. The van der Waals surface area contributed by atoms with Gasteiger partial charge in [0.05, 0.1) is 35.3 Å². The standard InChI is InChI=1S/C22H18N2O6/c25-18(10-12-24-21(28)16-8-3-4-9-17(16)22(24)29)30-13-5-11-23-19(26)14-6-1-2-7-15(14)20(23)27/h1-4,6-9H,5,10-13H2. The van der Waals surface area contributed by atoms with E-state index in [9.17, 15) is 24.0 Å². The van der Waals surface area contributed by atoms with E-state index in [0.717, 1.165) is 9.80 Å². The van der Waals surface area contributed by atoms with Crippen LogP contribution in [0.4, 0.5) is 0 Å². The minimum atomic E-state index is -0.561. The van der Waals surface area contributed by atoms with Crippen molar-refractivity contribution in [2.45, 2.75) is 12.8 Å². The molecule has 0 unspecified atom stereocenters. The van der Waals surface area contributed by atoms with Gasteiger partial charge in [0.25, 0.3) is 23.6 Å². The summed E-state index contributed by atoms with van der Waals surface area (Å²) in [6, 6.07) is 13.1. The quantitative estimate of drug-likeness (QED) is 0.395. The van der Waals surface area contributed by atoms with E-state index in [0.29, 0.717) is 28.7 Å². The highest BCUT2D eigenvalue weighted by atomic mass is 16.5. The molecule has 0 spiro atoms. The Morgan fingerprint density at radius 1 is 0.667 bits per heavy atom. The molecular weight excluding hydrogens is 388 g/mol. The van der Waals surface area contributed by atoms with E-state index < -0.39 is 17.8 Å². The molecule has 8 nitrogen and oxygen atoms in total. The fourth-order valence-corrected chi connectivity index (χ4v) is 3.57. The summed E-state index contributed by atoms with van der Waals surface area (Å²) in [5.41, 5.74) is 1.41. The summed E-state index contributed by atoms with van der Waals surface area (Å²) in [4.78, 5) is 63.2. The molecule has 2 heterocycles. The number of rotatable bonds is 7. The third kappa shape index (κ3) is 3.36. The Morgan fingerprint density at radius 2 is 1.07 bits per heavy atom. The third-order valence-electron chi connectivity index (χ3n) is 5.09. The summed E-state index contributed by atoms with van der Waals surface area (Å²) in [6.45, 7) is 0.0932. The van der Waals surface area contributed by atoms with Crippen molar-refractivity contribution in [1.29, 1.82) is 0 Å². The minimum absolute atomic E-state index is 0.0222. The van der Waals surface area contributed by atoms with Crippen molar-refractivity contribution in [3.63, 3.8) is 0 Å². The molecule has 0 saturated heterocycles. The second kappa shape index (κ2) is 7.90. The van der Waals surface area contributed by atoms with Crippen LogP contribution >= 0.6 is 0 Å². The molecule has 152 valence electrons. The zero-order chi connectivity index (χ0) is 21.3. The SMILES string of the molecule is O=C(CCN1C(=O)c2ccccc2C1=O)OCCCN1C(=O)c2ccccc2C1=O. The van der Waals surface area contributed by atoms with Crippen molar-refractivity contribution in [2.75, 3.05) is 19.7 Å². The molecule has 4 rings (SSSR count). The molecule has 8 heteroatoms. The number of carbonyl (C=O) groups excluding carboxylic acids is 5. The number of hydrogen-bond acceptors (Lipinski definition) is 6. The minimum Gasteiger partial charge on any atom is -0.466 e. The van der Waals surface area contributed by atoms with Crippen LogP contribution in [0.15, 0.2) is 48.5 Å². The zero-order valence-corrected chi connectivity index (χ0v) is 16.0. The van der Waals surface area contributed by atoms with Gasteiger partial charge >= 0.3 is 5.97 Å². The number of carbonyl (C=O) groups is 5. The molecule has 30 heavy (non-hydrogen) atoms. The zero-order valence-electron chi connectivity index (χ0n) is 16.0. The van der Waals surface area contributed by atoms with Crippen LogP contribution in [0.3, 0.4) is 0 Å². The number of hydrogen-bond donors (Lipinski definition) is 0. The highest BCUT2D eigenvalue weighted by Crippen LogP contribution is 2.23. The number of benzene rings is 2. The molecule has 0 radical (unpaired) electrons. The smallest absolute Gasteiger partial charge is 0.307 e. The Morgan fingerprint density at radius 3 is 1.50 bits per heavy atom. The predicted octanol–water partition coefficient (Wildman–Crippen LogP) is 1.90. The van der Waals surface area contributed by atoms with Gasteiger partial charge < -0.3 is 4.74 Å². The number of amides is 4. The van der Waals surface area contributed by atoms with Gasteiger partial charge in [0.1, 0.15) is 0 Å². The van der Waals surface area contributed by atoms with Gasteiger partial charge in [0, 0.05) is 13.1 Å². The highest BCUT2D eigenvalue weighted by molar-refractivity contribution is 6.22. The van der Waals surface area contributed by atoms with Crippen molar-refractivity contribution in [3.05, 3.63) is 70.8 Å². The van der Waals surface area contributed by atoms with Gasteiger partial charge in [0.2, 0.25) is 0 Å². The topological polar surface area (TPSA) is 101 Å². The molecule has 0 fully saturated rings. The number of esters is 1. The molecule has 0 N–H and O–H groups in total. The van der Waals surface area contributed by atoms with Crippen LogP contribution in [0.2, 0.25) is 0 Å². The average Bonchev–Trinajstić information content (AvgIpc) is 3.15. The summed E-state index contributed by atoms with van der Waals surface area (Å²) in [6.07, 6.45) is 0.169. The van der Waals surface area contributed by atoms with Gasteiger partial charge in [-0.2, -0.15) is 0 Å². The first-order chi connectivity index (χ1) is 14.5. The van der Waals surface area contributed by atoms with E-state index in [-0.39, 0.29) is 37.9 Å². The predicted molar refractivity (Wildman–Crippen MR) is 104 cm³/mol. The van der Waals surface area contributed by atoms with Crippen LogP contribution in [-0.4, -0.2) is 59.1 Å². The molecule has 2 aromatic carbocycles. The van der Waals surface area contributed by atoms with E-state index in [1.807, 2.05) is 0 Å². The maximum Gasteiger partial charge on any atom is 0.307 e. The number of nitrogens with zero attached hydrogens (tertiary/aromatic N) is 2. The lowest BCUT2D eigenvalue weighted by Crippen LogP contribution is -2.33. The Hall–Kier alpha value is -3.81. The van der Waals surface area contributed by atoms with Crippen molar-refractivity contribution in [3.8, 4) is 0 Å². The highest BCUT2D eigenvalue weighted by Gasteiger charge is 2.36. The van der Waals surface area contributed by atoms with Gasteiger partial charge in [-0.05, 0) is 30.7 Å².